The van der Waals surface area contributed by atoms with Crippen LogP contribution in [0.4, 0.5) is 0 Å². The van der Waals surface area contributed by atoms with Crippen molar-refractivity contribution in [3.63, 3.8) is 0 Å². The van der Waals surface area contributed by atoms with E-state index in [1.807, 2.05) is 0 Å². The second-order valence-corrected chi connectivity index (χ2v) is 1.14. The second-order valence-electron chi connectivity index (χ2n) is 1.14. The Kier molecular flexibility index (Phi) is 2.88. The highest BCUT2D eigenvalue weighted by Gasteiger charge is 2.00. The normalized spacial score (nSPS) is 8.88. The van der Waals surface area contributed by atoms with Gasteiger partial charge >= 0.3 is 5.97 Å². The van der Waals surface area contributed by atoms with Gasteiger partial charge in [-0.25, -0.2) is 4.79 Å². The Bertz CT molecular complexity index is 95.8. The minimum atomic E-state index is -0.648. The van der Waals surface area contributed by atoms with Crippen molar-refractivity contribution >= 4 is 5.97 Å². The van der Waals surface area contributed by atoms with Gasteiger partial charge in [-0.1, -0.05) is 6.58 Å². The molecular weight excluding hydrogens is 108 g/mol. The third-order valence-electron chi connectivity index (χ3n) is 0.415. The van der Waals surface area contributed by atoms with E-state index in [0.29, 0.717) is 0 Å². The Balaban J connectivity index is 3.39. The smallest absolute Gasteiger partial charge is 0.332 e. The lowest BCUT2D eigenvalue weighted by molar-refractivity contribution is -0.143. The van der Waals surface area contributed by atoms with Crippen molar-refractivity contribution in [2.24, 2.45) is 0 Å². The first-order valence-corrected chi connectivity index (χ1v) is 2.03. The summed E-state index contributed by atoms with van der Waals surface area (Å²) in [4.78, 5) is 10.1. The van der Waals surface area contributed by atoms with Gasteiger partial charge in [-0.2, -0.15) is 0 Å². The molecule has 0 bridgehead atoms. The molecule has 0 saturated carbocycles. The number of rotatable bonds is 2. The zero-order valence-electron chi connectivity index (χ0n) is 4.55. The van der Waals surface area contributed by atoms with Crippen LogP contribution in [0.3, 0.4) is 0 Å². The van der Waals surface area contributed by atoms with Crippen LogP contribution < -0.4 is 0 Å². The Morgan fingerprint density at radius 2 is 2.38 bits per heavy atom. The number of aliphatic hydroxyl groups excluding tert-OH is 1. The molecular formula is C5H7O3. The lowest BCUT2D eigenvalue weighted by Gasteiger charge is -1.98. The zero-order valence-corrected chi connectivity index (χ0v) is 4.55. The first-order chi connectivity index (χ1) is 3.66. The molecule has 0 aliphatic carbocycles. The van der Waals surface area contributed by atoms with E-state index in [2.05, 4.69) is 11.3 Å². The number of carbonyl (C=O) groups excluding carboxylic acids is 1. The summed E-state index contributed by atoms with van der Waals surface area (Å²) in [6, 6.07) is 0. The number of ether oxygens (including phenoxy) is 1. The summed E-state index contributed by atoms with van der Waals surface area (Å²) < 4.78 is 4.11. The molecule has 0 spiro atoms. The third-order valence-corrected chi connectivity index (χ3v) is 0.415. The maximum atomic E-state index is 10.1. The van der Waals surface area contributed by atoms with Crippen LogP contribution in [0, 0.1) is 6.29 Å². The van der Waals surface area contributed by atoms with Crippen LogP contribution in [0.2, 0.25) is 0 Å². The number of hydrogen-bond donors (Lipinski definition) is 1. The van der Waals surface area contributed by atoms with Crippen LogP contribution in [0.15, 0.2) is 12.7 Å². The van der Waals surface area contributed by atoms with Crippen molar-refractivity contribution in [1.29, 1.82) is 0 Å². The van der Waals surface area contributed by atoms with E-state index in [1.54, 1.807) is 0 Å². The van der Waals surface area contributed by atoms with Crippen LogP contribution in [0.25, 0.3) is 0 Å². The fourth-order valence-electron chi connectivity index (χ4n) is 0.187. The molecule has 0 amide bonds. The fourth-order valence-corrected chi connectivity index (χ4v) is 0.187. The van der Waals surface area contributed by atoms with E-state index in [1.165, 1.54) is 6.92 Å². The van der Waals surface area contributed by atoms with Crippen molar-refractivity contribution in [3.05, 3.63) is 18.9 Å². The molecule has 8 heavy (non-hydrogen) atoms. The number of carbonyl (C=O) groups is 1. The monoisotopic (exact) mass is 115 g/mol. The molecule has 0 aromatic heterocycles. The maximum Gasteiger partial charge on any atom is 0.332 e. The highest BCUT2D eigenvalue weighted by molar-refractivity contribution is 5.81. The molecule has 45 valence electrons. The quantitative estimate of drug-likeness (QED) is 0.423. The average Bonchev–Trinajstić information content (AvgIpc) is 1.65. The molecule has 0 aromatic carbocycles. The lowest BCUT2D eigenvalue weighted by Crippen LogP contribution is -2.03. The Labute approximate surface area is 47.6 Å². The predicted molar refractivity (Wildman–Crippen MR) is 27.1 cm³/mol. The number of esters is 1. The standard InChI is InChI=1S/C5H7O3/c1-3-5(7)8-4(2)6/h3,6H,1H2,2H3. The van der Waals surface area contributed by atoms with Crippen molar-refractivity contribution in [1.82, 2.24) is 0 Å². The van der Waals surface area contributed by atoms with Crippen LogP contribution >= 0.6 is 0 Å². The first kappa shape index (κ1) is 7.17. The maximum absolute atomic E-state index is 10.1. The number of hydrogen-bond acceptors (Lipinski definition) is 3. The molecule has 1 N–H and O–H groups in total. The van der Waals surface area contributed by atoms with Gasteiger partial charge < -0.3 is 9.84 Å². The third kappa shape index (κ3) is 3.36. The summed E-state index contributed by atoms with van der Waals surface area (Å²) in [5.41, 5.74) is 0. The lowest BCUT2D eigenvalue weighted by atomic mass is 10.6. The average molecular weight is 115 g/mol. The van der Waals surface area contributed by atoms with Gasteiger partial charge in [-0.05, 0) is 0 Å². The van der Waals surface area contributed by atoms with Gasteiger partial charge in [-0.15, -0.1) is 0 Å². The minimum Gasteiger partial charge on any atom is -0.423 e. The van der Waals surface area contributed by atoms with Gasteiger partial charge in [0, 0.05) is 13.0 Å². The van der Waals surface area contributed by atoms with Crippen molar-refractivity contribution in [2.45, 2.75) is 6.92 Å². The molecule has 0 heterocycles. The molecule has 0 atom stereocenters. The highest BCUT2D eigenvalue weighted by atomic mass is 16.6. The zero-order chi connectivity index (χ0) is 6.57. The Morgan fingerprint density at radius 3 is 2.50 bits per heavy atom. The second kappa shape index (κ2) is 3.21. The molecule has 3 nitrogen and oxygen atoms in total. The van der Waals surface area contributed by atoms with Gasteiger partial charge in [0.15, 0.2) is 0 Å². The summed E-state index contributed by atoms with van der Waals surface area (Å²) >= 11 is 0. The van der Waals surface area contributed by atoms with Gasteiger partial charge in [0.1, 0.15) is 0 Å². The minimum absolute atomic E-state index is 0.366. The summed E-state index contributed by atoms with van der Waals surface area (Å²) in [5, 5.41) is 8.28. The molecule has 0 aliphatic rings. The van der Waals surface area contributed by atoms with E-state index >= 15 is 0 Å². The van der Waals surface area contributed by atoms with E-state index in [-0.39, 0.29) is 6.29 Å². The SMILES string of the molecule is C=CC(=O)O[C](C)O. The van der Waals surface area contributed by atoms with Crippen LogP contribution in [0.5, 0.6) is 0 Å². The van der Waals surface area contributed by atoms with Crippen LogP contribution in [0.1, 0.15) is 6.92 Å². The van der Waals surface area contributed by atoms with Crippen molar-refractivity contribution < 1.29 is 14.6 Å². The van der Waals surface area contributed by atoms with E-state index in [0.717, 1.165) is 6.08 Å². The molecule has 0 aliphatic heterocycles. The molecule has 0 unspecified atom stereocenters. The Morgan fingerprint density at radius 1 is 1.88 bits per heavy atom. The van der Waals surface area contributed by atoms with Gasteiger partial charge in [-0.3, -0.25) is 0 Å². The van der Waals surface area contributed by atoms with Crippen LogP contribution in [-0.4, -0.2) is 11.1 Å². The predicted octanol–water partition coefficient (Wildman–Crippen LogP) is 0.597. The molecule has 0 aromatic rings. The molecule has 3 heteroatoms. The molecule has 0 rings (SSSR count). The highest BCUT2D eigenvalue weighted by Crippen LogP contribution is 1.93. The summed E-state index contributed by atoms with van der Waals surface area (Å²) in [6.45, 7) is 4.38. The van der Waals surface area contributed by atoms with Gasteiger partial charge in [0.05, 0.1) is 0 Å². The Hall–Kier alpha value is -0.830. The molecule has 0 fully saturated rings. The van der Waals surface area contributed by atoms with E-state index < -0.39 is 5.97 Å². The molecule has 1 radical (unpaired) electrons. The summed E-state index contributed by atoms with van der Waals surface area (Å²) in [7, 11) is 0. The molecule has 0 saturated heterocycles. The first-order valence-electron chi connectivity index (χ1n) is 2.03. The van der Waals surface area contributed by atoms with Crippen molar-refractivity contribution in [2.75, 3.05) is 0 Å². The van der Waals surface area contributed by atoms with Gasteiger partial charge in [0.25, 0.3) is 6.29 Å². The summed E-state index contributed by atoms with van der Waals surface area (Å²) in [6.07, 6.45) is 0.606. The topological polar surface area (TPSA) is 46.5 Å². The van der Waals surface area contributed by atoms with Crippen LogP contribution in [-0.2, 0) is 9.53 Å². The summed E-state index contributed by atoms with van der Waals surface area (Å²) in [5.74, 6) is -0.648. The fraction of sp³-hybridized carbons (Fsp3) is 0.200. The van der Waals surface area contributed by atoms with Crippen molar-refractivity contribution in [3.8, 4) is 0 Å². The number of aliphatic hydroxyl groups is 1. The van der Waals surface area contributed by atoms with Gasteiger partial charge in [0.2, 0.25) is 0 Å². The van der Waals surface area contributed by atoms with E-state index in [9.17, 15) is 4.79 Å². The largest absolute Gasteiger partial charge is 0.423 e. The van der Waals surface area contributed by atoms with E-state index in [4.69, 9.17) is 5.11 Å².